The molecule has 0 aromatic heterocycles. The van der Waals surface area contributed by atoms with Crippen LogP contribution in [-0.4, -0.2) is 46.8 Å². The van der Waals surface area contributed by atoms with Crippen LogP contribution in [0.25, 0.3) is 0 Å². The van der Waals surface area contributed by atoms with Crippen LogP contribution in [0, 0.1) is 0 Å². The first-order chi connectivity index (χ1) is 5.99. The van der Waals surface area contributed by atoms with Crippen LogP contribution >= 0.6 is 0 Å². The molecule has 0 aliphatic rings. The molecule has 4 nitrogen and oxygen atoms in total. The number of rotatable bonds is 5. The summed E-state index contributed by atoms with van der Waals surface area (Å²) in [5.41, 5.74) is 0. The summed E-state index contributed by atoms with van der Waals surface area (Å²) in [4.78, 5) is 12.9. The van der Waals surface area contributed by atoms with Gasteiger partial charge in [0.15, 0.2) is 0 Å². The van der Waals surface area contributed by atoms with Crippen LogP contribution in [0.4, 0.5) is 0 Å². The molecule has 1 amide bonds. The Hall–Kier alpha value is -0.610. The molecule has 0 rings (SSSR count). The summed E-state index contributed by atoms with van der Waals surface area (Å²) in [5.74, 6) is -0.0394. The molecule has 0 fully saturated rings. The van der Waals surface area contributed by atoms with Gasteiger partial charge in [0.05, 0.1) is 18.8 Å². The number of amides is 1. The van der Waals surface area contributed by atoms with E-state index in [-0.39, 0.29) is 18.6 Å². The van der Waals surface area contributed by atoms with Crippen LogP contribution in [0.5, 0.6) is 0 Å². The molecule has 0 saturated heterocycles. The second-order valence-electron chi connectivity index (χ2n) is 3.42. The zero-order valence-electron chi connectivity index (χ0n) is 8.53. The predicted molar refractivity (Wildman–Crippen MR) is 50.2 cm³/mol. The average Bonchev–Trinajstić information content (AvgIpc) is 2.11. The van der Waals surface area contributed by atoms with Gasteiger partial charge < -0.3 is 15.1 Å². The summed E-state index contributed by atoms with van der Waals surface area (Å²) in [6.07, 6.45) is 0.363. The lowest BCUT2D eigenvalue weighted by Crippen LogP contribution is -2.37. The summed E-state index contributed by atoms with van der Waals surface area (Å²) < 4.78 is 0. The van der Waals surface area contributed by atoms with Gasteiger partial charge in [-0.1, -0.05) is 0 Å². The van der Waals surface area contributed by atoms with Crippen molar-refractivity contribution in [3.63, 3.8) is 0 Å². The number of hydrogen-bond acceptors (Lipinski definition) is 3. The van der Waals surface area contributed by atoms with E-state index < -0.39 is 6.10 Å². The number of nitrogens with zero attached hydrogens (tertiary/aromatic N) is 1. The van der Waals surface area contributed by atoms with E-state index in [9.17, 15) is 4.79 Å². The quantitative estimate of drug-likeness (QED) is 0.639. The first-order valence-electron chi connectivity index (χ1n) is 4.53. The molecule has 0 aliphatic heterocycles. The van der Waals surface area contributed by atoms with Crippen LogP contribution in [0.3, 0.4) is 0 Å². The third-order valence-electron chi connectivity index (χ3n) is 2.09. The Kier molecular flexibility index (Phi) is 5.66. The summed E-state index contributed by atoms with van der Waals surface area (Å²) in [6, 6.07) is -0.151. The van der Waals surface area contributed by atoms with Crippen LogP contribution in [0.2, 0.25) is 0 Å². The van der Waals surface area contributed by atoms with Gasteiger partial charge >= 0.3 is 0 Å². The number of carbonyl (C=O) groups is 1. The summed E-state index contributed by atoms with van der Waals surface area (Å²) in [7, 11) is 1.66. The minimum Gasteiger partial charge on any atom is -0.394 e. The van der Waals surface area contributed by atoms with Crippen molar-refractivity contribution in [1.82, 2.24) is 4.90 Å². The van der Waals surface area contributed by atoms with E-state index in [0.717, 1.165) is 0 Å². The molecule has 0 saturated carbocycles. The van der Waals surface area contributed by atoms with E-state index in [4.69, 9.17) is 10.2 Å². The van der Waals surface area contributed by atoms with Crippen molar-refractivity contribution in [3.05, 3.63) is 0 Å². The summed E-state index contributed by atoms with van der Waals surface area (Å²) in [5, 5.41) is 17.7. The Morgan fingerprint density at radius 1 is 1.46 bits per heavy atom. The lowest BCUT2D eigenvalue weighted by Gasteiger charge is -2.23. The zero-order chi connectivity index (χ0) is 10.4. The molecule has 0 aromatic carbocycles. The topological polar surface area (TPSA) is 60.8 Å². The lowest BCUT2D eigenvalue weighted by atomic mass is 10.2. The highest BCUT2D eigenvalue weighted by Gasteiger charge is 2.14. The van der Waals surface area contributed by atoms with E-state index in [1.165, 1.54) is 4.90 Å². The van der Waals surface area contributed by atoms with Crippen LogP contribution in [-0.2, 0) is 4.79 Å². The normalized spacial score (nSPS) is 15.2. The van der Waals surface area contributed by atoms with Gasteiger partial charge in [0.25, 0.3) is 0 Å². The number of hydrogen-bond donors (Lipinski definition) is 2. The molecule has 4 heteroatoms. The number of aliphatic hydroxyl groups is 2. The first kappa shape index (κ1) is 12.4. The lowest BCUT2D eigenvalue weighted by molar-refractivity contribution is -0.132. The average molecular weight is 189 g/mol. The Morgan fingerprint density at radius 2 is 2.00 bits per heavy atom. The van der Waals surface area contributed by atoms with Gasteiger partial charge in [0.1, 0.15) is 0 Å². The molecular weight excluding hydrogens is 170 g/mol. The fourth-order valence-electron chi connectivity index (χ4n) is 0.877. The van der Waals surface area contributed by atoms with Crippen molar-refractivity contribution in [2.75, 3.05) is 13.7 Å². The standard InChI is InChI=1S/C9H19NO3/c1-7(6-11)10(3)9(13)5-4-8(2)12/h7-8,11-12H,4-6H2,1-3H3. The monoisotopic (exact) mass is 189 g/mol. The van der Waals surface area contributed by atoms with E-state index in [2.05, 4.69) is 0 Å². The van der Waals surface area contributed by atoms with Gasteiger partial charge in [0.2, 0.25) is 5.91 Å². The largest absolute Gasteiger partial charge is 0.394 e. The molecule has 0 spiro atoms. The Labute approximate surface area is 79.2 Å². The van der Waals surface area contributed by atoms with Gasteiger partial charge in [-0.3, -0.25) is 4.79 Å². The molecule has 78 valence electrons. The second kappa shape index (κ2) is 5.94. The molecule has 13 heavy (non-hydrogen) atoms. The molecule has 2 unspecified atom stereocenters. The van der Waals surface area contributed by atoms with Crippen LogP contribution in [0.15, 0.2) is 0 Å². The van der Waals surface area contributed by atoms with E-state index >= 15 is 0 Å². The fraction of sp³-hybridized carbons (Fsp3) is 0.889. The zero-order valence-corrected chi connectivity index (χ0v) is 8.53. The minimum atomic E-state index is -0.443. The molecule has 0 bridgehead atoms. The predicted octanol–water partition coefficient (Wildman–Crippen LogP) is -0.0134. The highest BCUT2D eigenvalue weighted by molar-refractivity contribution is 5.76. The maximum Gasteiger partial charge on any atom is 0.222 e. The number of likely N-dealkylation sites (N-methyl/N-ethyl adjacent to an activating group) is 1. The van der Waals surface area contributed by atoms with E-state index in [1.54, 1.807) is 20.9 Å². The Balaban J connectivity index is 3.82. The molecular formula is C9H19NO3. The molecule has 0 heterocycles. The van der Waals surface area contributed by atoms with E-state index in [0.29, 0.717) is 12.8 Å². The Morgan fingerprint density at radius 3 is 2.38 bits per heavy atom. The minimum absolute atomic E-state index is 0.0308. The van der Waals surface area contributed by atoms with Gasteiger partial charge in [-0.25, -0.2) is 0 Å². The molecule has 2 atom stereocenters. The fourth-order valence-corrected chi connectivity index (χ4v) is 0.877. The van der Waals surface area contributed by atoms with Crippen molar-refractivity contribution in [3.8, 4) is 0 Å². The maximum absolute atomic E-state index is 11.4. The first-order valence-corrected chi connectivity index (χ1v) is 4.53. The van der Waals surface area contributed by atoms with Gasteiger partial charge in [0, 0.05) is 13.5 Å². The number of carbonyl (C=O) groups excluding carboxylic acids is 1. The molecule has 0 aliphatic carbocycles. The summed E-state index contributed by atoms with van der Waals surface area (Å²) in [6.45, 7) is 3.40. The molecule has 0 aromatic rings. The van der Waals surface area contributed by atoms with Crippen molar-refractivity contribution < 1.29 is 15.0 Å². The second-order valence-corrected chi connectivity index (χ2v) is 3.42. The Bertz CT molecular complexity index is 159. The SMILES string of the molecule is CC(O)CCC(=O)N(C)C(C)CO. The smallest absolute Gasteiger partial charge is 0.222 e. The van der Waals surface area contributed by atoms with Crippen molar-refractivity contribution >= 4 is 5.91 Å². The van der Waals surface area contributed by atoms with Gasteiger partial charge in [-0.15, -0.1) is 0 Å². The molecule has 0 radical (unpaired) electrons. The van der Waals surface area contributed by atoms with Crippen molar-refractivity contribution in [2.45, 2.75) is 38.8 Å². The van der Waals surface area contributed by atoms with Crippen LogP contribution < -0.4 is 0 Å². The maximum atomic E-state index is 11.4. The third-order valence-corrected chi connectivity index (χ3v) is 2.09. The number of aliphatic hydroxyl groups excluding tert-OH is 2. The van der Waals surface area contributed by atoms with Gasteiger partial charge in [-0.2, -0.15) is 0 Å². The van der Waals surface area contributed by atoms with E-state index in [1.807, 2.05) is 0 Å². The highest BCUT2D eigenvalue weighted by atomic mass is 16.3. The van der Waals surface area contributed by atoms with Crippen LogP contribution in [0.1, 0.15) is 26.7 Å². The summed E-state index contributed by atoms with van der Waals surface area (Å²) >= 11 is 0. The third kappa shape index (κ3) is 4.85. The molecule has 2 N–H and O–H groups in total. The highest BCUT2D eigenvalue weighted by Crippen LogP contribution is 2.02. The van der Waals surface area contributed by atoms with Crippen molar-refractivity contribution in [1.29, 1.82) is 0 Å². The van der Waals surface area contributed by atoms with Gasteiger partial charge in [-0.05, 0) is 20.3 Å². The van der Waals surface area contributed by atoms with Crippen molar-refractivity contribution in [2.24, 2.45) is 0 Å².